The maximum absolute atomic E-state index is 11.1. The second-order valence-corrected chi connectivity index (χ2v) is 6.41. The highest BCUT2D eigenvalue weighted by atomic mass is 35.5. The predicted octanol–water partition coefficient (Wildman–Crippen LogP) is 3.10. The summed E-state index contributed by atoms with van der Waals surface area (Å²) in [7, 11) is 0. The van der Waals surface area contributed by atoms with Crippen molar-refractivity contribution in [3.63, 3.8) is 0 Å². The molecular formula is C16H20ClN3O. The van der Waals surface area contributed by atoms with E-state index in [2.05, 4.69) is 10.1 Å². The summed E-state index contributed by atoms with van der Waals surface area (Å²) in [6.07, 6.45) is 8.19. The summed E-state index contributed by atoms with van der Waals surface area (Å²) in [6.45, 7) is 0.519. The fourth-order valence-electron chi connectivity index (χ4n) is 3.29. The van der Waals surface area contributed by atoms with E-state index in [1.54, 1.807) is 11.0 Å². The van der Waals surface area contributed by atoms with Crippen LogP contribution in [0.15, 0.2) is 36.9 Å². The van der Waals surface area contributed by atoms with Crippen molar-refractivity contribution in [2.75, 3.05) is 0 Å². The molecule has 0 amide bonds. The highest BCUT2D eigenvalue weighted by molar-refractivity contribution is 6.30. The van der Waals surface area contributed by atoms with Gasteiger partial charge in [-0.3, -0.25) is 4.68 Å². The van der Waals surface area contributed by atoms with Gasteiger partial charge in [0.05, 0.1) is 12.1 Å². The smallest absolute Gasteiger partial charge is 0.137 e. The minimum Gasteiger partial charge on any atom is -0.388 e. The molecule has 0 saturated heterocycles. The quantitative estimate of drug-likeness (QED) is 0.944. The van der Waals surface area contributed by atoms with Gasteiger partial charge in [0.1, 0.15) is 12.7 Å². The van der Waals surface area contributed by atoms with Crippen molar-refractivity contribution in [1.82, 2.24) is 14.8 Å². The van der Waals surface area contributed by atoms with E-state index in [1.807, 2.05) is 24.3 Å². The molecule has 1 heterocycles. The van der Waals surface area contributed by atoms with E-state index in [4.69, 9.17) is 11.6 Å². The SMILES string of the molecule is O[C@]1(Cn2cncn2)CCCC[C@@H]1Cc1ccc(Cl)cc1. The molecule has 1 aromatic heterocycles. The van der Waals surface area contributed by atoms with Crippen LogP contribution in [-0.2, 0) is 13.0 Å². The molecule has 0 bridgehead atoms. The van der Waals surface area contributed by atoms with E-state index in [1.165, 1.54) is 18.3 Å². The molecule has 0 unspecified atom stereocenters. The normalized spacial score (nSPS) is 25.9. The Morgan fingerprint density at radius 2 is 2.10 bits per heavy atom. The molecule has 2 atom stereocenters. The first kappa shape index (κ1) is 14.5. The standard InChI is InChI=1S/C16H20ClN3O/c17-15-6-4-13(5-7-15)9-14-3-1-2-8-16(14,21)10-20-12-18-11-19-20/h4-7,11-12,14,21H,1-3,8-10H2/t14-,16+/m1/s1. The molecule has 1 aliphatic rings. The van der Waals surface area contributed by atoms with Gasteiger partial charge in [0, 0.05) is 5.02 Å². The number of halogens is 1. The zero-order chi connectivity index (χ0) is 14.7. The topological polar surface area (TPSA) is 50.9 Å². The molecule has 4 nitrogen and oxygen atoms in total. The predicted molar refractivity (Wildman–Crippen MR) is 82.1 cm³/mol. The van der Waals surface area contributed by atoms with Crippen molar-refractivity contribution in [2.45, 2.75) is 44.2 Å². The first-order valence-corrected chi connectivity index (χ1v) is 7.83. The number of aromatic nitrogens is 3. The molecule has 3 rings (SSSR count). The monoisotopic (exact) mass is 305 g/mol. The summed E-state index contributed by atoms with van der Waals surface area (Å²) < 4.78 is 1.74. The lowest BCUT2D eigenvalue weighted by Crippen LogP contribution is -2.45. The van der Waals surface area contributed by atoms with Crippen molar-refractivity contribution in [2.24, 2.45) is 5.92 Å². The van der Waals surface area contributed by atoms with Gasteiger partial charge >= 0.3 is 0 Å². The Labute approximate surface area is 129 Å². The molecule has 1 aromatic carbocycles. The average Bonchev–Trinajstić information content (AvgIpc) is 2.96. The van der Waals surface area contributed by atoms with Gasteiger partial charge in [0.15, 0.2) is 0 Å². The Balaban J connectivity index is 1.75. The van der Waals surface area contributed by atoms with Crippen LogP contribution in [0.2, 0.25) is 5.02 Å². The van der Waals surface area contributed by atoms with Crippen LogP contribution in [0.1, 0.15) is 31.2 Å². The zero-order valence-electron chi connectivity index (χ0n) is 12.0. The zero-order valence-corrected chi connectivity index (χ0v) is 12.7. The third kappa shape index (κ3) is 3.44. The Morgan fingerprint density at radius 1 is 1.29 bits per heavy atom. The van der Waals surface area contributed by atoms with E-state index in [0.29, 0.717) is 6.54 Å². The van der Waals surface area contributed by atoms with Crippen LogP contribution in [-0.4, -0.2) is 25.5 Å². The summed E-state index contributed by atoms with van der Waals surface area (Å²) in [6, 6.07) is 7.92. The molecule has 1 aliphatic carbocycles. The molecule has 2 aromatic rings. The summed E-state index contributed by atoms with van der Waals surface area (Å²) in [4.78, 5) is 3.96. The molecular weight excluding hydrogens is 286 g/mol. The number of nitrogens with zero attached hydrogens (tertiary/aromatic N) is 3. The second kappa shape index (κ2) is 6.16. The first-order valence-electron chi connectivity index (χ1n) is 7.45. The van der Waals surface area contributed by atoms with Crippen molar-refractivity contribution >= 4 is 11.6 Å². The molecule has 1 fully saturated rings. The molecule has 112 valence electrons. The molecule has 0 spiro atoms. The number of rotatable bonds is 4. The van der Waals surface area contributed by atoms with Gasteiger partial charge in [-0.1, -0.05) is 36.6 Å². The van der Waals surface area contributed by atoms with Crippen LogP contribution < -0.4 is 0 Å². The minimum absolute atomic E-state index is 0.247. The van der Waals surface area contributed by atoms with Crippen molar-refractivity contribution in [3.05, 3.63) is 47.5 Å². The Kier molecular flexibility index (Phi) is 4.27. The van der Waals surface area contributed by atoms with Crippen molar-refractivity contribution in [3.8, 4) is 0 Å². The van der Waals surface area contributed by atoms with Gasteiger partial charge in [-0.2, -0.15) is 5.10 Å². The largest absolute Gasteiger partial charge is 0.388 e. The van der Waals surface area contributed by atoms with Gasteiger partial charge in [-0.15, -0.1) is 0 Å². The fraction of sp³-hybridized carbons (Fsp3) is 0.500. The highest BCUT2D eigenvalue weighted by Gasteiger charge is 2.39. The number of benzene rings is 1. The van der Waals surface area contributed by atoms with Gasteiger partial charge in [0.25, 0.3) is 0 Å². The Morgan fingerprint density at radius 3 is 2.81 bits per heavy atom. The summed E-state index contributed by atoms with van der Waals surface area (Å²) >= 11 is 5.94. The lowest BCUT2D eigenvalue weighted by molar-refractivity contribution is -0.0637. The van der Waals surface area contributed by atoms with Gasteiger partial charge in [0.2, 0.25) is 0 Å². The third-order valence-electron chi connectivity index (χ3n) is 4.47. The first-order chi connectivity index (χ1) is 10.2. The second-order valence-electron chi connectivity index (χ2n) is 5.97. The minimum atomic E-state index is -0.703. The average molecular weight is 306 g/mol. The molecule has 5 heteroatoms. The molecule has 1 saturated carbocycles. The van der Waals surface area contributed by atoms with Gasteiger partial charge in [-0.05, 0) is 42.9 Å². The van der Waals surface area contributed by atoms with E-state index >= 15 is 0 Å². The van der Waals surface area contributed by atoms with Crippen LogP contribution >= 0.6 is 11.6 Å². The molecule has 0 aliphatic heterocycles. The maximum Gasteiger partial charge on any atom is 0.137 e. The number of hydrogen-bond donors (Lipinski definition) is 1. The lowest BCUT2D eigenvalue weighted by atomic mass is 9.72. The summed E-state index contributed by atoms with van der Waals surface area (Å²) in [5.41, 5.74) is 0.523. The fourth-order valence-corrected chi connectivity index (χ4v) is 3.42. The van der Waals surface area contributed by atoms with Gasteiger partial charge < -0.3 is 5.11 Å². The number of hydrogen-bond acceptors (Lipinski definition) is 3. The van der Waals surface area contributed by atoms with Gasteiger partial charge in [-0.25, -0.2) is 4.98 Å². The number of aliphatic hydroxyl groups is 1. The Hall–Kier alpha value is -1.39. The maximum atomic E-state index is 11.1. The molecule has 21 heavy (non-hydrogen) atoms. The molecule has 1 N–H and O–H groups in total. The third-order valence-corrected chi connectivity index (χ3v) is 4.72. The van der Waals surface area contributed by atoms with Crippen LogP contribution in [0.3, 0.4) is 0 Å². The van der Waals surface area contributed by atoms with Crippen LogP contribution in [0.25, 0.3) is 0 Å². The summed E-state index contributed by atoms with van der Waals surface area (Å²) in [5.74, 6) is 0.247. The van der Waals surface area contributed by atoms with Crippen molar-refractivity contribution < 1.29 is 5.11 Å². The molecule has 0 radical (unpaired) electrons. The highest BCUT2D eigenvalue weighted by Crippen LogP contribution is 2.37. The van der Waals surface area contributed by atoms with Crippen LogP contribution in [0, 0.1) is 5.92 Å². The van der Waals surface area contributed by atoms with Crippen LogP contribution in [0.5, 0.6) is 0 Å². The summed E-state index contributed by atoms with van der Waals surface area (Å²) in [5, 5.41) is 16.0. The van der Waals surface area contributed by atoms with E-state index in [-0.39, 0.29) is 5.92 Å². The van der Waals surface area contributed by atoms with Crippen molar-refractivity contribution in [1.29, 1.82) is 0 Å². The van der Waals surface area contributed by atoms with E-state index in [9.17, 15) is 5.11 Å². The van der Waals surface area contributed by atoms with Crippen LogP contribution in [0.4, 0.5) is 0 Å². The Bertz CT molecular complexity index is 570. The van der Waals surface area contributed by atoms with E-state index in [0.717, 1.165) is 30.7 Å². The van der Waals surface area contributed by atoms with E-state index < -0.39 is 5.60 Å². The lowest BCUT2D eigenvalue weighted by Gasteiger charge is -2.40.